The summed E-state index contributed by atoms with van der Waals surface area (Å²) in [5, 5.41) is 11.3. The van der Waals surface area contributed by atoms with E-state index in [1.807, 2.05) is 37.3 Å². The van der Waals surface area contributed by atoms with E-state index >= 15 is 0 Å². The average molecular weight is 366 g/mol. The van der Waals surface area contributed by atoms with Crippen LogP contribution in [0, 0.1) is 18.3 Å². The van der Waals surface area contributed by atoms with Gasteiger partial charge in [0.25, 0.3) is 0 Å². The third-order valence-electron chi connectivity index (χ3n) is 3.60. The van der Waals surface area contributed by atoms with Crippen molar-refractivity contribution in [1.29, 1.82) is 5.26 Å². The number of nitrogens with one attached hydrogen (secondary N) is 1. The molecule has 0 radical (unpaired) electrons. The lowest BCUT2D eigenvalue weighted by Crippen LogP contribution is -2.26. The van der Waals surface area contributed by atoms with Crippen LogP contribution in [0.15, 0.2) is 48.5 Å². The third kappa shape index (κ3) is 6.75. The number of hydrogen-bond acceptors (Lipinski definition) is 5. The number of rotatable bonds is 9. The normalized spacial score (nSPS) is 10.3. The molecule has 0 saturated carbocycles. The molecule has 140 valence electrons. The molecule has 2 rings (SSSR count). The van der Waals surface area contributed by atoms with Crippen LogP contribution in [0.25, 0.3) is 6.08 Å². The number of benzene rings is 2. The van der Waals surface area contributed by atoms with Gasteiger partial charge in [-0.25, -0.2) is 0 Å². The smallest absolute Gasteiger partial charge is 0.244 e. The molecule has 0 aliphatic rings. The molecule has 1 amide bonds. The zero-order valence-electron chi connectivity index (χ0n) is 15.4. The van der Waals surface area contributed by atoms with E-state index in [-0.39, 0.29) is 12.5 Å². The number of hydrogen-bond donors (Lipinski definition) is 1. The van der Waals surface area contributed by atoms with E-state index in [0.717, 1.165) is 11.3 Å². The summed E-state index contributed by atoms with van der Waals surface area (Å²) in [4.78, 5) is 11.9. The van der Waals surface area contributed by atoms with Gasteiger partial charge in [0, 0.05) is 6.08 Å². The topological polar surface area (TPSA) is 80.6 Å². The van der Waals surface area contributed by atoms with Crippen molar-refractivity contribution in [2.24, 2.45) is 0 Å². The van der Waals surface area contributed by atoms with E-state index in [1.54, 1.807) is 24.3 Å². The molecule has 0 aliphatic heterocycles. The molecule has 6 nitrogen and oxygen atoms in total. The zero-order valence-corrected chi connectivity index (χ0v) is 15.4. The fourth-order valence-corrected chi connectivity index (χ4v) is 2.23. The number of ether oxygens (including phenoxy) is 3. The maximum Gasteiger partial charge on any atom is 0.244 e. The van der Waals surface area contributed by atoms with Crippen molar-refractivity contribution >= 4 is 12.0 Å². The summed E-state index contributed by atoms with van der Waals surface area (Å²) in [7, 11) is 1.52. The van der Waals surface area contributed by atoms with Gasteiger partial charge in [0.1, 0.15) is 18.4 Å². The van der Waals surface area contributed by atoms with Crippen molar-refractivity contribution in [3.8, 4) is 23.3 Å². The highest BCUT2D eigenvalue weighted by Gasteiger charge is 2.05. The van der Waals surface area contributed by atoms with Crippen LogP contribution in [0.2, 0.25) is 0 Å². The lowest BCUT2D eigenvalue weighted by atomic mass is 10.2. The Kier molecular flexibility index (Phi) is 7.73. The minimum atomic E-state index is -0.216. The van der Waals surface area contributed by atoms with Gasteiger partial charge in [-0.1, -0.05) is 23.8 Å². The highest BCUT2D eigenvalue weighted by molar-refractivity contribution is 5.91. The van der Waals surface area contributed by atoms with E-state index in [9.17, 15) is 4.79 Å². The van der Waals surface area contributed by atoms with Gasteiger partial charge in [0.2, 0.25) is 5.91 Å². The molecule has 6 heteroatoms. The first-order valence-electron chi connectivity index (χ1n) is 8.45. The molecular weight excluding hydrogens is 344 g/mol. The van der Waals surface area contributed by atoms with Gasteiger partial charge in [0.15, 0.2) is 18.1 Å². The number of amides is 1. The van der Waals surface area contributed by atoms with Crippen molar-refractivity contribution in [2.45, 2.75) is 6.92 Å². The average Bonchev–Trinajstić information content (AvgIpc) is 2.69. The van der Waals surface area contributed by atoms with Crippen molar-refractivity contribution in [3.63, 3.8) is 0 Å². The fraction of sp³-hybridized carbons (Fsp3) is 0.238. The Bertz CT molecular complexity index is 823. The van der Waals surface area contributed by atoms with Crippen LogP contribution in [0.3, 0.4) is 0 Å². The van der Waals surface area contributed by atoms with Crippen LogP contribution in [0.4, 0.5) is 0 Å². The first-order valence-corrected chi connectivity index (χ1v) is 8.45. The number of methoxy groups -OCH3 is 1. The number of aryl methyl sites for hydroxylation is 1. The molecule has 2 aromatic rings. The van der Waals surface area contributed by atoms with Crippen LogP contribution < -0.4 is 19.5 Å². The standard InChI is InChI=1S/C21H22N2O4/c1-16-3-7-18(8-4-16)26-14-12-23-21(24)10-6-17-5-9-19(27-13-11-22)20(15-17)25-2/h3-10,15H,12-14H2,1-2H3,(H,23,24). The lowest BCUT2D eigenvalue weighted by molar-refractivity contribution is -0.116. The monoisotopic (exact) mass is 366 g/mol. The molecule has 0 unspecified atom stereocenters. The molecule has 2 aromatic carbocycles. The second-order valence-corrected chi connectivity index (χ2v) is 5.64. The minimum absolute atomic E-state index is 0.0569. The Balaban J connectivity index is 1.80. The summed E-state index contributed by atoms with van der Waals surface area (Å²) in [6.45, 7) is 2.75. The highest BCUT2D eigenvalue weighted by atomic mass is 16.5. The van der Waals surface area contributed by atoms with Gasteiger partial charge >= 0.3 is 0 Å². The highest BCUT2D eigenvalue weighted by Crippen LogP contribution is 2.28. The van der Waals surface area contributed by atoms with Crippen LogP contribution >= 0.6 is 0 Å². The molecule has 0 spiro atoms. The number of nitrogens with zero attached hydrogens (tertiary/aromatic N) is 1. The van der Waals surface area contributed by atoms with Crippen molar-refractivity contribution in [1.82, 2.24) is 5.32 Å². The summed E-state index contributed by atoms with van der Waals surface area (Å²) in [5.41, 5.74) is 1.95. The predicted octanol–water partition coefficient (Wildman–Crippen LogP) is 3.11. The van der Waals surface area contributed by atoms with Gasteiger partial charge < -0.3 is 19.5 Å². The zero-order chi connectivity index (χ0) is 19.5. The summed E-state index contributed by atoms with van der Waals surface area (Å²) < 4.78 is 16.1. The van der Waals surface area contributed by atoms with Crippen LogP contribution in [-0.2, 0) is 4.79 Å². The van der Waals surface area contributed by atoms with Gasteiger partial charge in [0.05, 0.1) is 13.7 Å². The van der Waals surface area contributed by atoms with Crippen LogP contribution in [0.1, 0.15) is 11.1 Å². The number of carbonyl (C=O) groups is 1. The van der Waals surface area contributed by atoms with Crippen LogP contribution in [-0.4, -0.2) is 32.8 Å². The Morgan fingerprint density at radius 2 is 1.93 bits per heavy atom. The second kappa shape index (κ2) is 10.5. The minimum Gasteiger partial charge on any atom is -0.493 e. The van der Waals surface area contributed by atoms with E-state index in [1.165, 1.54) is 18.7 Å². The predicted molar refractivity (Wildman–Crippen MR) is 103 cm³/mol. The number of carbonyl (C=O) groups excluding carboxylic acids is 1. The molecular formula is C21H22N2O4. The Hall–Kier alpha value is -3.46. The first-order chi connectivity index (χ1) is 13.1. The van der Waals surface area contributed by atoms with E-state index in [0.29, 0.717) is 24.7 Å². The molecule has 0 heterocycles. The molecule has 0 aliphatic carbocycles. The SMILES string of the molecule is COc1cc(C=CC(=O)NCCOc2ccc(C)cc2)ccc1OCC#N. The largest absolute Gasteiger partial charge is 0.493 e. The molecule has 1 N–H and O–H groups in total. The first kappa shape index (κ1) is 19.9. The van der Waals surface area contributed by atoms with E-state index < -0.39 is 0 Å². The maximum absolute atomic E-state index is 11.9. The molecule has 0 aromatic heterocycles. The van der Waals surface area contributed by atoms with Crippen molar-refractivity contribution < 1.29 is 19.0 Å². The summed E-state index contributed by atoms with van der Waals surface area (Å²) in [6.07, 6.45) is 3.11. The lowest BCUT2D eigenvalue weighted by Gasteiger charge is -2.09. The molecule has 0 saturated heterocycles. The second-order valence-electron chi connectivity index (χ2n) is 5.64. The summed E-state index contributed by atoms with van der Waals surface area (Å²) >= 11 is 0. The van der Waals surface area contributed by atoms with Crippen molar-refractivity contribution in [2.75, 3.05) is 26.9 Å². The van der Waals surface area contributed by atoms with Gasteiger partial charge in [-0.05, 0) is 42.8 Å². The Morgan fingerprint density at radius 1 is 1.15 bits per heavy atom. The van der Waals surface area contributed by atoms with Crippen LogP contribution in [0.5, 0.6) is 17.2 Å². The maximum atomic E-state index is 11.9. The van der Waals surface area contributed by atoms with Crippen molar-refractivity contribution in [3.05, 3.63) is 59.7 Å². The number of nitriles is 1. The molecule has 0 fully saturated rings. The fourth-order valence-electron chi connectivity index (χ4n) is 2.23. The third-order valence-corrected chi connectivity index (χ3v) is 3.60. The van der Waals surface area contributed by atoms with E-state index in [2.05, 4.69) is 5.32 Å². The van der Waals surface area contributed by atoms with Gasteiger partial charge in [-0.15, -0.1) is 0 Å². The summed E-state index contributed by atoms with van der Waals surface area (Å²) in [6, 6.07) is 14.9. The Labute approximate surface area is 159 Å². The van der Waals surface area contributed by atoms with Gasteiger partial charge in [-0.3, -0.25) is 4.79 Å². The quantitative estimate of drug-likeness (QED) is 0.545. The van der Waals surface area contributed by atoms with Gasteiger partial charge in [-0.2, -0.15) is 5.26 Å². The Morgan fingerprint density at radius 3 is 2.63 bits per heavy atom. The molecule has 0 bridgehead atoms. The molecule has 27 heavy (non-hydrogen) atoms. The van der Waals surface area contributed by atoms with E-state index in [4.69, 9.17) is 19.5 Å². The summed E-state index contributed by atoms with van der Waals surface area (Å²) in [5.74, 6) is 1.54. The molecule has 0 atom stereocenters.